The molecule has 1 unspecified atom stereocenters. The van der Waals surface area contributed by atoms with E-state index in [0.29, 0.717) is 29.0 Å². The van der Waals surface area contributed by atoms with E-state index in [-0.39, 0.29) is 12.5 Å². The number of benzene rings is 1. The van der Waals surface area contributed by atoms with Gasteiger partial charge in [0.15, 0.2) is 0 Å². The molecule has 4 heterocycles. The Balaban J connectivity index is 1.60. The maximum absolute atomic E-state index is 11.7. The molecule has 1 saturated heterocycles. The summed E-state index contributed by atoms with van der Waals surface area (Å²) in [6, 6.07) is 10.9. The summed E-state index contributed by atoms with van der Waals surface area (Å²) >= 11 is 6.87. The molecule has 0 saturated carbocycles. The molecule has 0 bridgehead atoms. The highest BCUT2D eigenvalue weighted by molar-refractivity contribution is 6.76. The van der Waals surface area contributed by atoms with Crippen LogP contribution in [0.1, 0.15) is 36.5 Å². The maximum atomic E-state index is 11.7. The van der Waals surface area contributed by atoms with Crippen LogP contribution in [-0.4, -0.2) is 56.5 Å². The highest BCUT2D eigenvalue weighted by Crippen LogP contribution is 2.45. The van der Waals surface area contributed by atoms with E-state index in [1.54, 1.807) is 6.20 Å². The van der Waals surface area contributed by atoms with E-state index in [0.717, 1.165) is 53.5 Å². The third kappa shape index (κ3) is 7.06. The van der Waals surface area contributed by atoms with Gasteiger partial charge in [-0.05, 0) is 74.3 Å². The van der Waals surface area contributed by atoms with Gasteiger partial charge in [-0.15, -0.1) is 10.2 Å². The molecule has 1 aromatic carbocycles. The minimum atomic E-state index is -1.29. The van der Waals surface area contributed by atoms with Crippen LogP contribution in [0.4, 0.5) is 5.82 Å². The van der Waals surface area contributed by atoms with Gasteiger partial charge in [-0.1, -0.05) is 37.3 Å². The number of anilines is 1. The minimum Gasteiger partial charge on any atom is -0.456 e. The van der Waals surface area contributed by atoms with Crippen LogP contribution in [-0.2, 0) is 21.7 Å². The van der Waals surface area contributed by atoms with Crippen molar-refractivity contribution in [2.75, 3.05) is 31.6 Å². The topological polar surface area (TPSA) is 105 Å². The van der Waals surface area contributed by atoms with Gasteiger partial charge in [-0.25, -0.2) is 9.98 Å². The Bertz CT molecular complexity index is 1490. The van der Waals surface area contributed by atoms with Gasteiger partial charge < -0.3 is 14.5 Å². The average Bonchev–Trinajstić information content (AvgIpc) is 3.70. The third-order valence-electron chi connectivity index (χ3n) is 7.56. The average molecular weight is 607 g/mol. The summed E-state index contributed by atoms with van der Waals surface area (Å²) < 4.78 is 12.9. The number of amides is 1. The summed E-state index contributed by atoms with van der Waals surface area (Å²) in [5, 5.41) is 12.1. The van der Waals surface area contributed by atoms with Gasteiger partial charge in [-0.3, -0.25) is 9.69 Å². The van der Waals surface area contributed by atoms with E-state index < -0.39 is 13.7 Å². The molecule has 5 rings (SSSR count). The Morgan fingerprint density at radius 1 is 1.17 bits per heavy atom. The second kappa shape index (κ2) is 12.6. The van der Waals surface area contributed by atoms with Crippen LogP contribution < -0.4 is 5.32 Å². The van der Waals surface area contributed by atoms with Gasteiger partial charge >= 0.3 is 0 Å². The molecule has 9 nitrogen and oxygen atoms in total. The second-order valence-electron chi connectivity index (χ2n) is 12.4. The molecule has 11 heteroatoms. The highest BCUT2D eigenvalue weighted by Gasteiger charge is 2.40. The second-order valence-corrected chi connectivity index (χ2v) is 18.4. The summed E-state index contributed by atoms with van der Waals surface area (Å²) in [6.07, 6.45) is 5.63. The van der Waals surface area contributed by atoms with Crippen LogP contribution in [0, 0.1) is 6.92 Å². The molecule has 1 fully saturated rings. The number of hydrogen-bond acceptors (Lipinski definition) is 8. The smallest absolute Gasteiger partial charge is 0.224 e. The number of aryl methyl sites for hydroxylation is 1. The molecular formula is C31H39ClN6O3Si. The SMILES string of the molecule is CC(=O)Nc1cc(-c2cc(C3(COCC[Si](C)(C)C)N=CN=N3)c(-c3cc(CN4CCCC4)ccc3Cl)o2)c(C)cn1. The van der Waals surface area contributed by atoms with Gasteiger partial charge in [0.2, 0.25) is 11.6 Å². The molecular weight excluding hydrogens is 568 g/mol. The molecule has 0 aliphatic carbocycles. The van der Waals surface area contributed by atoms with Gasteiger partial charge in [0, 0.05) is 45.5 Å². The van der Waals surface area contributed by atoms with Gasteiger partial charge in [-0.2, -0.15) is 0 Å². The first-order valence-electron chi connectivity index (χ1n) is 14.5. The van der Waals surface area contributed by atoms with E-state index in [9.17, 15) is 4.79 Å². The molecule has 2 aromatic heterocycles. The third-order valence-corrected chi connectivity index (χ3v) is 9.60. The first-order chi connectivity index (χ1) is 20.0. The number of aromatic nitrogens is 1. The first-order valence-corrected chi connectivity index (χ1v) is 18.5. The fourth-order valence-electron chi connectivity index (χ4n) is 5.23. The number of rotatable bonds is 11. The summed E-state index contributed by atoms with van der Waals surface area (Å²) in [5.74, 6) is 1.40. The van der Waals surface area contributed by atoms with Crippen LogP contribution in [0.15, 0.2) is 56.2 Å². The lowest BCUT2D eigenvalue weighted by atomic mass is 9.96. The van der Waals surface area contributed by atoms with Crippen molar-refractivity contribution in [1.82, 2.24) is 9.88 Å². The maximum Gasteiger partial charge on any atom is 0.224 e. The zero-order chi connectivity index (χ0) is 29.9. The molecule has 222 valence electrons. The van der Waals surface area contributed by atoms with Crippen molar-refractivity contribution >= 4 is 37.7 Å². The lowest BCUT2D eigenvalue weighted by Crippen LogP contribution is -2.28. The van der Waals surface area contributed by atoms with Crippen LogP contribution >= 0.6 is 11.6 Å². The number of likely N-dealkylation sites (tertiary alicyclic amines) is 1. The van der Waals surface area contributed by atoms with Crippen molar-refractivity contribution in [1.29, 1.82) is 0 Å². The number of halogens is 1. The standard InChI is InChI=1S/C31H39ClN6O3Si/c1-21-17-33-29(36-22(2)39)15-24(21)28-16-26(31(34-20-35-37-31)19-40-12-13-42(3,4)5)30(41-28)25-14-23(8-9-27(25)32)18-38-10-6-7-11-38/h8-9,14-17,20H,6-7,10-13,18-19H2,1-5H3,(H,33,36,39). The Hall–Kier alpha value is -3.18. The fourth-order valence-corrected chi connectivity index (χ4v) is 6.19. The van der Waals surface area contributed by atoms with E-state index in [1.165, 1.54) is 26.1 Å². The molecule has 0 spiro atoms. The number of aliphatic imine (C=N–C) groups is 1. The zero-order valence-corrected chi connectivity index (χ0v) is 26.8. The monoisotopic (exact) mass is 606 g/mol. The number of pyridine rings is 1. The Labute approximate surface area is 253 Å². The molecule has 1 amide bonds. The predicted molar refractivity (Wildman–Crippen MR) is 170 cm³/mol. The van der Waals surface area contributed by atoms with E-state index in [2.05, 4.69) is 57.2 Å². The molecule has 0 radical (unpaired) electrons. The number of furan rings is 1. The summed E-state index contributed by atoms with van der Waals surface area (Å²) in [4.78, 5) is 23.3. The quantitative estimate of drug-likeness (QED) is 0.179. The van der Waals surface area contributed by atoms with Crippen molar-refractivity contribution in [3.63, 3.8) is 0 Å². The van der Waals surface area contributed by atoms with Crippen LogP contribution in [0.3, 0.4) is 0 Å². The number of azo groups is 1. The summed E-state index contributed by atoms with van der Waals surface area (Å²) in [7, 11) is -1.29. The largest absolute Gasteiger partial charge is 0.456 e. The van der Waals surface area contributed by atoms with Crippen molar-refractivity contribution in [3.8, 4) is 22.6 Å². The van der Waals surface area contributed by atoms with Crippen molar-refractivity contribution < 1.29 is 13.9 Å². The molecule has 42 heavy (non-hydrogen) atoms. The van der Waals surface area contributed by atoms with Crippen LogP contribution in [0.5, 0.6) is 0 Å². The Morgan fingerprint density at radius 2 is 1.95 bits per heavy atom. The zero-order valence-electron chi connectivity index (χ0n) is 25.0. The lowest BCUT2D eigenvalue weighted by Gasteiger charge is -2.23. The van der Waals surface area contributed by atoms with Crippen molar-refractivity contribution in [3.05, 3.63) is 58.2 Å². The van der Waals surface area contributed by atoms with E-state index in [1.807, 2.05) is 25.1 Å². The van der Waals surface area contributed by atoms with Gasteiger partial charge in [0.1, 0.15) is 23.7 Å². The fraction of sp³-hybridized carbons (Fsp3) is 0.452. The highest BCUT2D eigenvalue weighted by atomic mass is 35.5. The number of hydrogen-bond donors (Lipinski definition) is 1. The lowest BCUT2D eigenvalue weighted by molar-refractivity contribution is -0.114. The number of carbonyl (C=O) groups excluding carboxylic acids is 1. The Kier molecular flexibility index (Phi) is 9.07. The van der Waals surface area contributed by atoms with Crippen LogP contribution in [0.2, 0.25) is 30.7 Å². The molecule has 1 atom stereocenters. The van der Waals surface area contributed by atoms with Gasteiger partial charge in [0.05, 0.1) is 17.2 Å². The van der Waals surface area contributed by atoms with E-state index in [4.69, 9.17) is 25.7 Å². The normalized spacial score (nSPS) is 18.7. The molecule has 2 aliphatic rings. The molecule has 3 aromatic rings. The number of nitrogens with zero attached hydrogens (tertiary/aromatic N) is 5. The number of ether oxygens (including phenoxy) is 1. The summed E-state index contributed by atoms with van der Waals surface area (Å²) in [5.41, 5.74) is 3.22. The summed E-state index contributed by atoms with van der Waals surface area (Å²) in [6.45, 7) is 14.3. The van der Waals surface area contributed by atoms with Crippen molar-refractivity contribution in [2.45, 2.75) is 64.6 Å². The van der Waals surface area contributed by atoms with E-state index >= 15 is 0 Å². The number of carbonyl (C=O) groups is 1. The van der Waals surface area contributed by atoms with Crippen molar-refractivity contribution in [2.24, 2.45) is 15.2 Å². The van der Waals surface area contributed by atoms with Gasteiger partial charge in [0.25, 0.3) is 0 Å². The number of nitrogens with one attached hydrogen (secondary N) is 1. The molecule has 1 N–H and O–H groups in total. The Morgan fingerprint density at radius 3 is 2.64 bits per heavy atom. The predicted octanol–water partition coefficient (Wildman–Crippen LogP) is 7.53. The van der Waals surface area contributed by atoms with Crippen LogP contribution in [0.25, 0.3) is 22.6 Å². The molecule has 2 aliphatic heterocycles. The minimum absolute atomic E-state index is 0.199. The first kappa shape index (κ1) is 30.3.